The van der Waals surface area contributed by atoms with E-state index in [2.05, 4.69) is 87.8 Å². The second-order valence-corrected chi connectivity index (χ2v) is 9.69. The molecule has 2 aliphatic rings. The number of benzene rings is 2. The molecule has 0 atom stereocenters. The number of hydrogen-bond donors (Lipinski definition) is 2. The predicted octanol–water partition coefficient (Wildman–Crippen LogP) is 3.02. The van der Waals surface area contributed by atoms with Gasteiger partial charge in [0.05, 0.1) is 13.2 Å². The minimum atomic E-state index is 0.0272. The van der Waals surface area contributed by atoms with Gasteiger partial charge in [-0.15, -0.1) is 0 Å². The number of hydrogen-bond acceptors (Lipinski definition) is 4. The maximum absolute atomic E-state index is 5.50. The van der Waals surface area contributed by atoms with Crippen molar-refractivity contribution in [2.75, 3.05) is 46.4 Å². The largest absolute Gasteiger partial charge is 0.379 e. The average Bonchev–Trinajstić information content (AvgIpc) is 2.85. The molecule has 0 aromatic heterocycles. The molecule has 6 heteroatoms. The van der Waals surface area contributed by atoms with E-state index < -0.39 is 0 Å². The first-order chi connectivity index (χ1) is 16.0. The van der Waals surface area contributed by atoms with Crippen LogP contribution in [0.15, 0.2) is 53.5 Å². The van der Waals surface area contributed by atoms with Gasteiger partial charge in [0.25, 0.3) is 0 Å². The van der Waals surface area contributed by atoms with Crippen LogP contribution in [0.1, 0.15) is 36.1 Å². The van der Waals surface area contributed by atoms with Gasteiger partial charge < -0.3 is 15.4 Å². The first kappa shape index (κ1) is 23.7. The first-order valence-corrected chi connectivity index (χ1v) is 12.2. The third kappa shape index (κ3) is 6.34. The number of nitrogens with zero attached hydrogens (tertiary/aromatic N) is 3. The molecule has 2 heterocycles. The summed E-state index contributed by atoms with van der Waals surface area (Å²) in [5.74, 6) is 0.849. The highest BCUT2D eigenvalue weighted by Gasteiger charge is 2.29. The molecule has 2 aliphatic heterocycles. The summed E-state index contributed by atoms with van der Waals surface area (Å²) >= 11 is 0. The second-order valence-electron chi connectivity index (χ2n) is 9.69. The summed E-state index contributed by atoms with van der Waals surface area (Å²) in [6.07, 6.45) is 1.12. The number of nitrogens with one attached hydrogen (secondary N) is 2. The molecule has 0 spiro atoms. The van der Waals surface area contributed by atoms with E-state index in [0.717, 1.165) is 71.4 Å². The van der Waals surface area contributed by atoms with Crippen molar-refractivity contribution in [1.29, 1.82) is 0 Å². The molecule has 0 aliphatic carbocycles. The van der Waals surface area contributed by atoms with E-state index in [4.69, 9.17) is 4.74 Å². The van der Waals surface area contributed by atoms with Crippen molar-refractivity contribution in [3.63, 3.8) is 0 Å². The Balaban J connectivity index is 1.30. The Bertz CT molecular complexity index is 936. The van der Waals surface area contributed by atoms with Crippen LogP contribution < -0.4 is 10.6 Å². The Labute approximate surface area is 199 Å². The van der Waals surface area contributed by atoms with Crippen LogP contribution in [0.25, 0.3) is 0 Å². The Hall–Kier alpha value is -2.41. The number of fused-ring (bicyclic) bond motifs is 1. The van der Waals surface area contributed by atoms with Crippen molar-refractivity contribution < 1.29 is 4.74 Å². The lowest BCUT2D eigenvalue weighted by atomic mass is 9.94. The molecule has 1 saturated heterocycles. The monoisotopic (exact) mass is 449 g/mol. The van der Waals surface area contributed by atoms with Crippen LogP contribution in [-0.2, 0) is 30.8 Å². The average molecular weight is 450 g/mol. The molecule has 0 saturated carbocycles. The fourth-order valence-electron chi connectivity index (χ4n) is 4.71. The molecule has 2 aromatic carbocycles. The normalized spacial score (nSPS) is 18.1. The topological polar surface area (TPSA) is 52.1 Å². The summed E-state index contributed by atoms with van der Waals surface area (Å²) in [6, 6.07) is 17.5. The minimum absolute atomic E-state index is 0.0272. The number of morpholine rings is 1. The van der Waals surface area contributed by atoms with Crippen LogP contribution in [-0.4, -0.2) is 67.7 Å². The predicted molar refractivity (Wildman–Crippen MR) is 135 cm³/mol. The summed E-state index contributed by atoms with van der Waals surface area (Å²) in [5, 5.41) is 7.10. The summed E-state index contributed by atoms with van der Waals surface area (Å²) in [4.78, 5) is 9.53. The van der Waals surface area contributed by atoms with Gasteiger partial charge in [0, 0.05) is 58.4 Å². The maximum atomic E-state index is 5.50. The van der Waals surface area contributed by atoms with E-state index >= 15 is 0 Å². The molecule has 1 fully saturated rings. The van der Waals surface area contributed by atoms with Gasteiger partial charge in [-0.1, -0.05) is 48.5 Å². The highest BCUT2D eigenvalue weighted by molar-refractivity contribution is 5.79. The van der Waals surface area contributed by atoms with Gasteiger partial charge in [-0.2, -0.15) is 0 Å². The fourth-order valence-corrected chi connectivity index (χ4v) is 4.71. The molecule has 2 N–H and O–H groups in total. The highest BCUT2D eigenvalue weighted by Crippen LogP contribution is 2.25. The van der Waals surface area contributed by atoms with E-state index in [1.165, 1.54) is 22.3 Å². The lowest BCUT2D eigenvalue weighted by molar-refractivity contribution is 0.0341. The van der Waals surface area contributed by atoms with E-state index in [1.807, 2.05) is 7.05 Å². The summed E-state index contributed by atoms with van der Waals surface area (Å²) in [7, 11) is 1.85. The van der Waals surface area contributed by atoms with Crippen LogP contribution in [0.3, 0.4) is 0 Å². The molecule has 0 bridgehead atoms. The quantitative estimate of drug-likeness (QED) is 0.503. The third-order valence-corrected chi connectivity index (χ3v) is 6.96. The van der Waals surface area contributed by atoms with Crippen LogP contribution in [0.2, 0.25) is 0 Å². The van der Waals surface area contributed by atoms with Gasteiger partial charge in [0.2, 0.25) is 0 Å². The van der Waals surface area contributed by atoms with E-state index in [0.29, 0.717) is 0 Å². The van der Waals surface area contributed by atoms with Gasteiger partial charge in [-0.05, 0) is 42.5 Å². The van der Waals surface area contributed by atoms with Crippen molar-refractivity contribution in [2.24, 2.45) is 4.99 Å². The number of aliphatic imine (C=N–C) groups is 1. The molecule has 6 nitrogen and oxygen atoms in total. The zero-order valence-electron chi connectivity index (χ0n) is 20.4. The van der Waals surface area contributed by atoms with Crippen molar-refractivity contribution in [3.8, 4) is 0 Å². The van der Waals surface area contributed by atoms with Crippen LogP contribution in [0, 0.1) is 0 Å². The van der Waals surface area contributed by atoms with Crippen molar-refractivity contribution in [3.05, 3.63) is 70.8 Å². The van der Waals surface area contributed by atoms with E-state index in [9.17, 15) is 0 Å². The molecule has 178 valence electrons. The molecule has 0 radical (unpaired) electrons. The van der Waals surface area contributed by atoms with Gasteiger partial charge in [0.1, 0.15) is 0 Å². The summed E-state index contributed by atoms with van der Waals surface area (Å²) < 4.78 is 5.50. The molecule has 2 aromatic rings. The minimum Gasteiger partial charge on any atom is -0.379 e. The van der Waals surface area contributed by atoms with E-state index in [1.54, 1.807) is 0 Å². The lowest BCUT2D eigenvalue weighted by Crippen LogP contribution is -2.54. The fraction of sp³-hybridized carbons (Fsp3) is 0.519. The second kappa shape index (κ2) is 11.1. The smallest absolute Gasteiger partial charge is 0.191 e. The van der Waals surface area contributed by atoms with Crippen LogP contribution in [0.4, 0.5) is 0 Å². The zero-order valence-corrected chi connectivity index (χ0v) is 20.4. The first-order valence-electron chi connectivity index (χ1n) is 12.2. The molecular weight excluding hydrogens is 410 g/mol. The molecule has 0 unspecified atom stereocenters. The Morgan fingerprint density at radius 2 is 1.64 bits per heavy atom. The lowest BCUT2D eigenvalue weighted by Gasteiger charge is -2.42. The Kier molecular flexibility index (Phi) is 8.02. The summed E-state index contributed by atoms with van der Waals surface area (Å²) in [5.41, 5.74) is 5.66. The SMILES string of the molecule is CN=C(NCc1ccccc1CN1CCOCC1)NCC(C)(C)N1CCc2ccccc2C1. The van der Waals surface area contributed by atoms with E-state index in [-0.39, 0.29) is 5.54 Å². The van der Waals surface area contributed by atoms with Crippen molar-refractivity contribution in [1.82, 2.24) is 20.4 Å². The summed E-state index contributed by atoms with van der Waals surface area (Å²) in [6.45, 7) is 13.0. The van der Waals surface area contributed by atoms with Gasteiger partial charge in [-0.3, -0.25) is 14.8 Å². The number of rotatable bonds is 7. The van der Waals surface area contributed by atoms with Crippen LogP contribution in [0.5, 0.6) is 0 Å². The Morgan fingerprint density at radius 3 is 2.39 bits per heavy atom. The molecule has 4 rings (SSSR count). The zero-order chi connectivity index (χ0) is 23.1. The van der Waals surface area contributed by atoms with Gasteiger partial charge in [-0.25, -0.2) is 0 Å². The number of ether oxygens (including phenoxy) is 1. The standard InChI is InChI=1S/C27H39N5O/c1-27(2,32-13-12-22-8-4-6-11-25(22)20-32)21-30-26(28-3)29-18-23-9-5-7-10-24(23)19-31-14-16-33-17-15-31/h4-11H,12-21H2,1-3H3,(H2,28,29,30). The van der Waals surface area contributed by atoms with Gasteiger partial charge >= 0.3 is 0 Å². The molecule has 33 heavy (non-hydrogen) atoms. The Morgan fingerprint density at radius 1 is 0.939 bits per heavy atom. The third-order valence-electron chi connectivity index (χ3n) is 6.96. The van der Waals surface area contributed by atoms with Crippen molar-refractivity contribution >= 4 is 5.96 Å². The molecular formula is C27H39N5O. The van der Waals surface area contributed by atoms with Crippen molar-refractivity contribution in [2.45, 2.75) is 45.4 Å². The number of guanidine groups is 1. The highest BCUT2D eigenvalue weighted by atomic mass is 16.5. The maximum Gasteiger partial charge on any atom is 0.191 e. The van der Waals surface area contributed by atoms with Crippen LogP contribution >= 0.6 is 0 Å². The molecule has 0 amide bonds. The van der Waals surface area contributed by atoms with Gasteiger partial charge in [0.15, 0.2) is 5.96 Å².